The number of hydrogen-bond donors (Lipinski definition) is 0. The number of aldehydes is 1. The summed E-state index contributed by atoms with van der Waals surface area (Å²) in [7, 11) is -4.06. The Kier molecular flexibility index (Phi) is 9.02. The quantitative estimate of drug-likeness (QED) is 0.183. The summed E-state index contributed by atoms with van der Waals surface area (Å²) >= 11 is 0. The lowest BCUT2D eigenvalue weighted by atomic mass is 9.57. The van der Waals surface area contributed by atoms with Crippen molar-refractivity contribution in [2.75, 3.05) is 0 Å². The minimum atomic E-state index is -4.06. The van der Waals surface area contributed by atoms with E-state index in [2.05, 4.69) is 32.9 Å². The highest BCUT2D eigenvalue weighted by molar-refractivity contribution is 7.86. The van der Waals surface area contributed by atoms with Crippen LogP contribution < -0.4 is 0 Å². The number of aryl methyl sites for hydroxylation is 1. The maximum atomic E-state index is 13.8. The van der Waals surface area contributed by atoms with Crippen LogP contribution in [0.15, 0.2) is 52.5 Å². The second-order valence-electron chi connectivity index (χ2n) is 13.7. The van der Waals surface area contributed by atoms with Gasteiger partial charge in [0.2, 0.25) is 0 Å². The van der Waals surface area contributed by atoms with E-state index < -0.39 is 22.0 Å². The molecule has 0 spiro atoms. The molecule has 1 aliphatic heterocycles. The van der Waals surface area contributed by atoms with E-state index in [0.717, 1.165) is 49.5 Å². The summed E-state index contributed by atoms with van der Waals surface area (Å²) in [5.41, 5.74) is 3.26. The van der Waals surface area contributed by atoms with Crippen molar-refractivity contribution in [1.82, 2.24) is 0 Å². The standard InChI is InChI=1S/C34H48O6S/c1-21(2)9-7-10-23(4)27-17-18-28-32-29(39-34(5,6)38-28)19-24-11-8-12-25(20-35)30(31(27)32)33(24)40-41(36,37)26-15-13-22(3)14-16-26/h9,11,13-16,20,23,25,27-33H,7-8,10,12,17-19H2,1-6H3/t23-,25-,27-,28-,29-,30+,31+,32+,33+/m0/s1. The molecule has 3 fully saturated rings. The van der Waals surface area contributed by atoms with E-state index in [-0.39, 0.29) is 40.8 Å². The van der Waals surface area contributed by atoms with Gasteiger partial charge in [0.15, 0.2) is 5.79 Å². The molecular weight excluding hydrogens is 536 g/mol. The first-order valence-corrected chi connectivity index (χ1v) is 16.9. The van der Waals surface area contributed by atoms with Crippen LogP contribution in [0.2, 0.25) is 0 Å². The van der Waals surface area contributed by atoms with E-state index in [4.69, 9.17) is 13.7 Å². The molecule has 2 saturated carbocycles. The molecule has 5 rings (SSSR count). The zero-order valence-corrected chi connectivity index (χ0v) is 26.4. The van der Waals surface area contributed by atoms with Crippen molar-refractivity contribution in [3.05, 3.63) is 53.1 Å². The van der Waals surface area contributed by atoms with Gasteiger partial charge in [0.25, 0.3) is 10.1 Å². The van der Waals surface area contributed by atoms with Crippen molar-refractivity contribution in [1.29, 1.82) is 0 Å². The molecule has 0 unspecified atom stereocenters. The predicted octanol–water partition coefficient (Wildman–Crippen LogP) is 7.17. The van der Waals surface area contributed by atoms with Crippen LogP contribution in [-0.4, -0.2) is 38.8 Å². The van der Waals surface area contributed by atoms with Crippen LogP contribution in [0.4, 0.5) is 0 Å². The zero-order valence-electron chi connectivity index (χ0n) is 25.5. The lowest BCUT2D eigenvalue weighted by Gasteiger charge is -2.55. The summed E-state index contributed by atoms with van der Waals surface area (Å²) in [4.78, 5) is 12.9. The molecule has 41 heavy (non-hydrogen) atoms. The van der Waals surface area contributed by atoms with Crippen molar-refractivity contribution < 1.29 is 26.9 Å². The van der Waals surface area contributed by atoms with Gasteiger partial charge in [0, 0.05) is 17.8 Å². The lowest BCUT2D eigenvalue weighted by Crippen LogP contribution is -2.58. The molecule has 1 saturated heterocycles. The third-order valence-corrected chi connectivity index (χ3v) is 11.4. The second kappa shape index (κ2) is 12.1. The molecule has 0 aromatic heterocycles. The largest absolute Gasteiger partial charge is 0.347 e. The number of rotatable bonds is 8. The first-order chi connectivity index (χ1) is 19.4. The van der Waals surface area contributed by atoms with Crippen molar-refractivity contribution in [2.24, 2.45) is 35.5 Å². The number of hydrogen-bond acceptors (Lipinski definition) is 6. The fraction of sp³-hybridized carbons (Fsp3) is 0.676. The van der Waals surface area contributed by atoms with Gasteiger partial charge in [-0.2, -0.15) is 8.42 Å². The topological polar surface area (TPSA) is 78.9 Å². The van der Waals surface area contributed by atoms with Gasteiger partial charge in [-0.15, -0.1) is 0 Å². The third kappa shape index (κ3) is 6.43. The minimum Gasteiger partial charge on any atom is -0.347 e. The molecule has 1 aromatic carbocycles. The second-order valence-corrected chi connectivity index (χ2v) is 15.2. The average molecular weight is 585 g/mol. The van der Waals surface area contributed by atoms with E-state index >= 15 is 0 Å². The first-order valence-electron chi connectivity index (χ1n) is 15.5. The molecule has 0 N–H and O–H groups in total. The highest BCUT2D eigenvalue weighted by atomic mass is 32.2. The van der Waals surface area contributed by atoms with E-state index in [1.165, 1.54) is 5.57 Å². The summed E-state index contributed by atoms with van der Waals surface area (Å²) in [5, 5.41) is 0. The van der Waals surface area contributed by atoms with Gasteiger partial charge in [0.05, 0.1) is 17.1 Å². The molecule has 226 valence electrons. The van der Waals surface area contributed by atoms with Crippen molar-refractivity contribution in [2.45, 2.75) is 115 Å². The summed E-state index contributed by atoms with van der Waals surface area (Å²) in [6.45, 7) is 12.5. The van der Waals surface area contributed by atoms with Gasteiger partial charge in [-0.05, 0) is 115 Å². The zero-order chi connectivity index (χ0) is 29.5. The highest BCUT2D eigenvalue weighted by Crippen LogP contribution is 2.57. The average Bonchev–Trinajstić information content (AvgIpc) is 3.13. The van der Waals surface area contributed by atoms with Crippen LogP contribution in [-0.2, 0) is 28.6 Å². The number of fused-ring (bicyclic) bond motifs is 3. The van der Waals surface area contributed by atoms with Gasteiger partial charge in [0.1, 0.15) is 12.4 Å². The number of ether oxygens (including phenoxy) is 2. The van der Waals surface area contributed by atoms with E-state index in [1.54, 1.807) is 24.3 Å². The van der Waals surface area contributed by atoms with Gasteiger partial charge < -0.3 is 14.3 Å². The van der Waals surface area contributed by atoms with E-state index in [1.807, 2.05) is 20.8 Å². The van der Waals surface area contributed by atoms with Crippen molar-refractivity contribution >= 4 is 16.4 Å². The van der Waals surface area contributed by atoms with Crippen LogP contribution in [0.5, 0.6) is 0 Å². The van der Waals surface area contributed by atoms with Crippen LogP contribution >= 0.6 is 0 Å². The molecule has 1 aromatic rings. The maximum absolute atomic E-state index is 13.8. The van der Waals surface area contributed by atoms with Crippen LogP contribution in [0.3, 0.4) is 0 Å². The Morgan fingerprint density at radius 1 is 1.05 bits per heavy atom. The Bertz CT molecular complexity index is 1260. The third-order valence-electron chi connectivity index (χ3n) is 10.1. The SMILES string of the molecule is CC(C)=CCC[C@H](C)[C@@H]1CC[C@@H]2OC(C)(C)O[C@H]3CC4=CCC[C@@H](C=O)[C@H]([C@@H]1[C@H]23)[C@@H]4OS(=O)(=O)c1ccc(C)cc1. The van der Waals surface area contributed by atoms with Crippen LogP contribution in [0, 0.1) is 42.4 Å². The summed E-state index contributed by atoms with van der Waals surface area (Å²) in [6, 6.07) is 6.81. The molecule has 1 heterocycles. The molecule has 0 radical (unpaired) electrons. The maximum Gasteiger partial charge on any atom is 0.297 e. The Labute approximate surface area is 247 Å². The fourth-order valence-electron chi connectivity index (χ4n) is 8.31. The number of carbonyl (C=O) groups is 1. The molecule has 4 aliphatic rings. The van der Waals surface area contributed by atoms with Crippen molar-refractivity contribution in [3.8, 4) is 0 Å². The molecule has 7 heteroatoms. The number of benzene rings is 1. The van der Waals surface area contributed by atoms with Gasteiger partial charge in [-0.25, -0.2) is 0 Å². The number of carbonyl (C=O) groups excluding carboxylic acids is 1. The number of allylic oxidation sites excluding steroid dienone is 3. The Hall–Kier alpha value is -1.80. The first kappa shape index (κ1) is 30.7. The molecule has 9 atom stereocenters. The summed E-state index contributed by atoms with van der Waals surface area (Å²) < 4.78 is 47.1. The smallest absolute Gasteiger partial charge is 0.297 e. The van der Waals surface area contributed by atoms with Crippen LogP contribution in [0.25, 0.3) is 0 Å². The normalized spacial score (nSPS) is 35.2. The lowest BCUT2D eigenvalue weighted by molar-refractivity contribution is -0.339. The summed E-state index contributed by atoms with van der Waals surface area (Å²) in [5.74, 6) is -0.429. The Balaban J connectivity index is 1.60. The van der Waals surface area contributed by atoms with E-state index in [9.17, 15) is 13.2 Å². The summed E-state index contributed by atoms with van der Waals surface area (Å²) in [6.07, 6.45) is 10.7. The fourth-order valence-corrected chi connectivity index (χ4v) is 9.42. The Morgan fingerprint density at radius 3 is 2.44 bits per heavy atom. The molecule has 2 bridgehead atoms. The van der Waals surface area contributed by atoms with Gasteiger partial charge in [-0.1, -0.05) is 42.3 Å². The minimum absolute atomic E-state index is 0.0120. The molecule has 3 aliphatic carbocycles. The Morgan fingerprint density at radius 2 is 1.76 bits per heavy atom. The monoisotopic (exact) mass is 584 g/mol. The van der Waals surface area contributed by atoms with Crippen molar-refractivity contribution in [3.63, 3.8) is 0 Å². The molecule has 6 nitrogen and oxygen atoms in total. The highest BCUT2D eigenvalue weighted by Gasteiger charge is 2.59. The van der Waals surface area contributed by atoms with E-state index in [0.29, 0.717) is 24.7 Å². The molecule has 0 amide bonds. The predicted molar refractivity (Wildman–Crippen MR) is 160 cm³/mol. The van der Waals surface area contributed by atoms with Crippen LogP contribution in [0.1, 0.15) is 85.1 Å². The van der Waals surface area contributed by atoms with Gasteiger partial charge >= 0.3 is 0 Å². The van der Waals surface area contributed by atoms with Gasteiger partial charge in [-0.3, -0.25) is 4.18 Å². The molecular formula is C34H48O6S.